The molecule has 0 nitrogen and oxygen atoms in total. The first-order valence-electron chi connectivity index (χ1n) is 4.47. The summed E-state index contributed by atoms with van der Waals surface area (Å²) in [6.07, 6.45) is 6.97. The van der Waals surface area contributed by atoms with Gasteiger partial charge in [-0.05, 0) is 5.41 Å². The summed E-state index contributed by atoms with van der Waals surface area (Å²) >= 11 is 0. The third-order valence-electron chi connectivity index (χ3n) is 3.16. The minimum absolute atomic E-state index is 0. The van der Waals surface area contributed by atoms with Gasteiger partial charge in [0.2, 0.25) is 0 Å². The van der Waals surface area contributed by atoms with Crippen molar-refractivity contribution < 1.29 is 21.1 Å². The molecule has 0 N–H and O–H groups in total. The summed E-state index contributed by atoms with van der Waals surface area (Å²) in [7, 11) is 0. The van der Waals surface area contributed by atoms with Crippen LogP contribution in [-0.2, 0) is 21.1 Å². The predicted octanol–water partition coefficient (Wildman–Crippen LogP) is 3.57. The van der Waals surface area contributed by atoms with Crippen LogP contribution in [0, 0.1) is 11.3 Å². The van der Waals surface area contributed by atoms with E-state index in [0.717, 1.165) is 0 Å². The van der Waals surface area contributed by atoms with E-state index in [4.69, 9.17) is 0 Å². The molecule has 1 aliphatic rings. The largest absolute Gasteiger partial charge is 2.00 e. The zero-order valence-corrected chi connectivity index (χ0v) is 10.9. The predicted molar refractivity (Wildman–Crippen MR) is 45.8 cm³/mol. The van der Waals surface area contributed by atoms with Crippen LogP contribution >= 0.6 is 0 Å². The molecule has 64 valence electrons. The van der Waals surface area contributed by atoms with Gasteiger partial charge in [0.1, 0.15) is 0 Å². The molecule has 0 bridgehead atoms. The third kappa shape index (κ3) is 3.28. The average molecular weight is 323 g/mol. The maximum Gasteiger partial charge on any atom is 2.00 e. The molecule has 0 atom stereocenters. The van der Waals surface area contributed by atoms with E-state index in [-0.39, 0.29) is 21.1 Å². The molecule has 0 saturated heterocycles. The Morgan fingerprint density at radius 2 is 1.73 bits per heavy atom. The topological polar surface area (TPSA) is 0 Å². The van der Waals surface area contributed by atoms with Crippen LogP contribution in [0.15, 0.2) is 0 Å². The molecule has 0 aromatic heterocycles. The quantitative estimate of drug-likeness (QED) is 0.647. The molecule has 1 heteroatoms. The summed E-state index contributed by atoms with van der Waals surface area (Å²) < 4.78 is 0. The molecule has 0 unspecified atom stereocenters. The van der Waals surface area contributed by atoms with Crippen molar-refractivity contribution in [3.63, 3.8) is 0 Å². The normalized spacial score (nSPS) is 24.3. The second kappa shape index (κ2) is 4.65. The molecule has 1 saturated carbocycles. The van der Waals surface area contributed by atoms with Crippen LogP contribution in [0.3, 0.4) is 0 Å². The van der Waals surface area contributed by atoms with Crippen LogP contribution in [0.1, 0.15) is 52.9 Å². The Kier molecular flexibility index (Phi) is 4.94. The smallest absolute Gasteiger partial charge is 0.317 e. The zero-order chi connectivity index (χ0) is 7.61. The van der Waals surface area contributed by atoms with Crippen molar-refractivity contribution in [2.45, 2.75) is 52.9 Å². The van der Waals surface area contributed by atoms with Gasteiger partial charge < -0.3 is 5.92 Å². The van der Waals surface area contributed by atoms with Gasteiger partial charge in [-0.1, -0.05) is 33.1 Å². The van der Waals surface area contributed by atoms with E-state index in [1.165, 1.54) is 32.1 Å². The SMILES string of the molecule is CCC1(C)CC[C-](C)CC1.[W+2]. The Morgan fingerprint density at radius 1 is 1.27 bits per heavy atom. The van der Waals surface area contributed by atoms with E-state index < -0.39 is 0 Å². The van der Waals surface area contributed by atoms with Gasteiger partial charge >= 0.3 is 21.1 Å². The maximum absolute atomic E-state index is 2.43. The second-order valence-electron chi connectivity index (χ2n) is 4.12. The summed E-state index contributed by atoms with van der Waals surface area (Å²) in [6, 6.07) is 0. The van der Waals surface area contributed by atoms with E-state index >= 15 is 0 Å². The van der Waals surface area contributed by atoms with Gasteiger partial charge in [0, 0.05) is 0 Å². The van der Waals surface area contributed by atoms with Crippen LogP contribution < -0.4 is 0 Å². The summed E-state index contributed by atoms with van der Waals surface area (Å²) in [6.45, 7) is 7.05. The number of hydrogen-bond acceptors (Lipinski definition) is 0. The first-order valence-corrected chi connectivity index (χ1v) is 4.47. The fraction of sp³-hybridized carbons (Fsp3) is 0.900. The first-order chi connectivity index (χ1) is 4.66. The molecule has 0 heterocycles. The zero-order valence-electron chi connectivity index (χ0n) is 7.94. The van der Waals surface area contributed by atoms with Gasteiger partial charge in [0.15, 0.2) is 0 Å². The van der Waals surface area contributed by atoms with Gasteiger partial charge in [0.05, 0.1) is 0 Å². The Labute approximate surface area is 85.4 Å². The standard InChI is InChI=1S/C10H19.W/c1-4-10(3)7-5-9(2)6-8-10;/h4-8H2,1-3H3;/q-1;+2. The van der Waals surface area contributed by atoms with E-state index in [0.29, 0.717) is 5.41 Å². The van der Waals surface area contributed by atoms with E-state index in [1.807, 2.05) is 0 Å². The van der Waals surface area contributed by atoms with E-state index in [1.54, 1.807) is 5.92 Å². The van der Waals surface area contributed by atoms with Gasteiger partial charge in [-0.2, -0.15) is 19.8 Å². The summed E-state index contributed by atoms with van der Waals surface area (Å²) in [5, 5.41) is 0. The fourth-order valence-electron chi connectivity index (χ4n) is 1.63. The second-order valence-corrected chi connectivity index (χ2v) is 4.12. The van der Waals surface area contributed by atoms with Gasteiger partial charge in [-0.3, -0.25) is 0 Å². The first kappa shape index (κ1) is 11.7. The molecule has 11 heavy (non-hydrogen) atoms. The Bertz CT molecular complexity index is 101. The minimum atomic E-state index is 0. The molecule has 0 spiro atoms. The van der Waals surface area contributed by atoms with E-state index in [2.05, 4.69) is 20.8 Å². The average Bonchev–Trinajstić information content (AvgIpc) is 1.96. The molecule has 1 fully saturated rings. The molecular weight excluding hydrogens is 304 g/mol. The number of hydrogen-bond donors (Lipinski definition) is 0. The van der Waals surface area contributed by atoms with Crippen molar-refractivity contribution in [1.29, 1.82) is 0 Å². The summed E-state index contributed by atoms with van der Waals surface area (Å²) in [4.78, 5) is 0. The van der Waals surface area contributed by atoms with Crippen molar-refractivity contribution in [2.75, 3.05) is 0 Å². The van der Waals surface area contributed by atoms with Crippen molar-refractivity contribution in [3.05, 3.63) is 5.92 Å². The molecule has 0 amide bonds. The molecule has 1 rings (SSSR count). The maximum atomic E-state index is 2.43. The van der Waals surface area contributed by atoms with E-state index in [9.17, 15) is 0 Å². The van der Waals surface area contributed by atoms with Crippen LogP contribution in [0.5, 0.6) is 0 Å². The van der Waals surface area contributed by atoms with Crippen molar-refractivity contribution in [2.24, 2.45) is 5.41 Å². The molecule has 1 aliphatic carbocycles. The Morgan fingerprint density at radius 3 is 2.09 bits per heavy atom. The Balaban J connectivity index is 0.000001000. The van der Waals surface area contributed by atoms with Crippen molar-refractivity contribution in [3.8, 4) is 0 Å². The monoisotopic (exact) mass is 323 g/mol. The molecule has 0 radical (unpaired) electrons. The molecule has 0 aliphatic heterocycles. The van der Waals surface area contributed by atoms with Crippen LogP contribution in [-0.4, -0.2) is 0 Å². The molecular formula is C10H19W+. The van der Waals surface area contributed by atoms with Gasteiger partial charge in [0.25, 0.3) is 0 Å². The fourth-order valence-corrected chi connectivity index (χ4v) is 1.63. The van der Waals surface area contributed by atoms with Crippen LogP contribution in [0.25, 0.3) is 0 Å². The summed E-state index contributed by atoms with van der Waals surface area (Å²) in [5.74, 6) is 1.71. The molecule has 0 aromatic carbocycles. The van der Waals surface area contributed by atoms with Crippen molar-refractivity contribution >= 4 is 0 Å². The van der Waals surface area contributed by atoms with Gasteiger partial charge in [-0.25, -0.2) is 0 Å². The minimum Gasteiger partial charge on any atom is -0.317 e. The van der Waals surface area contributed by atoms with Crippen LogP contribution in [0.4, 0.5) is 0 Å². The Hall–Kier alpha value is 0.688. The third-order valence-corrected chi connectivity index (χ3v) is 3.16. The van der Waals surface area contributed by atoms with Gasteiger partial charge in [-0.15, -0.1) is 0 Å². The summed E-state index contributed by atoms with van der Waals surface area (Å²) in [5.41, 5.74) is 0.680. The van der Waals surface area contributed by atoms with Crippen LogP contribution in [0.2, 0.25) is 0 Å². The molecule has 0 aromatic rings. The van der Waals surface area contributed by atoms with Crippen molar-refractivity contribution in [1.82, 2.24) is 0 Å². The number of rotatable bonds is 1.